The van der Waals surface area contributed by atoms with Crippen molar-refractivity contribution in [3.8, 4) is 0 Å². The fraction of sp³-hybridized carbons (Fsp3) is 0.400. The second-order valence-corrected chi connectivity index (χ2v) is 7.64. The number of ketones is 1. The van der Waals surface area contributed by atoms with Gasteiger partial charge in [-0.1, -0.05) is 37.3 Å². The summed E-state index contributed by atoms with van der Waals surface area (Å²) in [7, 11) is 1.73. The molecule has 0 spiro atoms. The molecule has 0 saturated carbocycles. The number of carbonyl (C=O) groups excluding carboxylic acids is 2. The monoisotopic (exact) mass is 359 g/mol. The molecular formula is C20H25NO3S. The summed E-state index contributed by atoms with van der Waals surface area (Å²) in [6, 6.07) is 12.8. The first-order valence-electron chi connectivity index (χ1n) is 8.40. The molecule has 0 fully saturated rings. The van der Waals surface area contributed by atoms with Crippen molar-refractivity contribution in [3.63, 3.8) is 0 Å². The highest BCUT2D eigenvalue weighted by Crippen LogP contribution is 2.24. The third-order valence-corrected chi connectivity index (χ3v) is 5.70. The number of carbonyl (C=O) groups is 2. The van der Waals surface area contributed by atoms with Crippen LogP contribution in [-0.4, -0.2) is 34.8 Å². The molecule has 0 aliphatic heterocycles. The van der Waals surface area contributed by atoms with E-state index < -0.39 is 6.10 Å². The van der Waals surface area contributed by atoms with Crippen LogP contribution in [0.15, 0.2) is 42.5 Å². The maximum absolute atomic E-state index is 12.7. The number of benzene rings is 1. The molecule has 25 heavy (non-hydrogen) atoms. The molecule has 0 bridgehead atoms. The Labute approximate surface area is 153 Å². The van der Waals surface area contributed by atoms with Crippen molar-refractivity contribution in [2.45, 2.75) is 39.3 Å². The molecule has 2 rings (SSSR count). The van der Waals surface area contributed by atoms with Gasteiger partial charge in [-0.2, -0.15) is 0 Å². The molecule has 1 aromatic heterocycles. The molecule has 0 radical (unpaired) electrons. The van der Waals surface area contributed by atoms with Crippen molar-refractivity contribution >= 4 is 23.0 Å². The Morgan fingerprint density at radius 1 is 1.12 bits per heavy atom. The van der Waals surface area contributed by atoms with E-state index in [-0.39, 0.29) is 23.7 Å². The molecule has 3 atom stereocenters. The van der Waals surface area contributed by atoms with Gasteiger partial charge in [-0.05, 0) is 38.0 Å². The van der Waals surface area contributed by atoms with Crippen LogP contribution in [0.4, 0.5) is 0 Å². The minimum absolute atomic E-state index is 0.0137. The summed E-state index contributed by atoms with van der Waals surface area (Å²) in [5.41, 5.74) is 0.798. The number of aliphatic hydroxyl groups is 1. The number of Topliss-reactive ketones (excluding diaryl/α,β-unsaturated/α-hetero) is 1. The maximum atomic E-state index is 12.7. The molecule has 1 heterocycles. The maximum Gasteiger partial charge on any atom is 0.225 e. The van der Waals surface area contributed by atoms with Crippen LogP contribution >= 0.6 is 11.3 Å². The molecule has 1 amide bonds. The van der Waals surface area contributed by atoms with Crippen LogP contribution in [0.1, 0.15) is 47.0 Å². The van der Waals surface area contributed by atoms with Gasteiger partial charge in [0.1, 0.15) is 0 Å². The highest BCUT2D eigenvalue weighted by molar-refractivity contribution is 7.14. The van der Waals surface area contributed by atoms with E-state index >= 15 is 0 Å². The van der Waals surface area contributed by atoms with Gasteiger partial charge in [0, 0.05) is 17.8 Å². The standard InChI is InChI=1S/C20H25NO3S/c1-13(12-17-10-11-18(25-17)15(3)22)20(24)21(4)14(2)19(23)16-8-6-5-7-9-16/h5-11,13-14,19,23H,12H2,1-4H3/t13-,14+,19-/m1/s1. The van der Waals surface area contributed by atoms with Gasteiger partial charge in [0.15, 0.2) is 5.78 Å². The van der Waals surface area contributed by atoms with Crippen molar-refractivity contribution < 1.29 is 14.7 Å². The number of aliphatic hydroxyl groups excluding tert-OH is 1. The number of nitrogens with zero attached hydrogens (tertiary/aromatic N) is 1. The molecule has 2 aromatic rings. The second kappa shape index (κ2) is 8.41. The van der Waals surface area contributed by atoms with Gasteiger partial charge >= 0.3 is 0 Å². The largest absolute Gasteiger partial charge is 0.386 e. The highest BCUT2D eigenvalue weighted by atomic mass is 32.1. The van der Waals surface area contributed by atoms with E-state index in [1.165, 1.54) is 11.3 Å². The summed E-state index contributed by atoms with van der Waals surface area (Å²) < 4.78 is 0. The Balaban J connectivity index is 2.01. The smallest absolute Gasteiger partial charge is 0.225 e. The average Bonchev–Trinajstić information content (AvgIpc) is 3.08. The number of amides is 1. The predicted octanol–water partition coefficient (Wildman–Crippen LogP) is 3.71. The lowest BCUT2D eigenvalue weighted by Gasteiger charge is -2.31. The summed E-state index contributed by atoms with van der Waals surface area (Å²) >= 11 is 1.44. The molecule has 134 valence electrons. The van der Waals surface area contributed by atoms with Crippen LogP contribution in [0.2, 0.25) is 0 Å². The van der Waals surface area contributed by atoms with Crippen LogP contribution in [0, 0.1) is 5.92 Å². The number of thiophene rings is 1. The van der Waals surface area contributed by atoms with Crippen LogP contribution in [0.5, 0.6) is 0 Å². The van der Waals surface area contributed by atoms with Crippen molar-refractivity contribution in [1.29, 1.82) is 0 Å². The number of hydrogen-bond donors (Lipinski definition) is 1. The van der Waals surface area contributed by atoms with Gasteiger partial charge in [-0.3, -0.25) is 9.59 Å². The summed E-state index contributed by atoms with van der Waals surface area (Å²) in [6.45, 7) is 5.28. The zero-order chi connectivity index (χ0) is 18.6. The van der Waals surface area contributed by atoms with Crippen molar-refractivity contribution in [1.82, 2.24) is 4.90 Å². The minimum atomic E-state index is -0.728. The lowest BCUT2D eigenvalue weighted by Crippen LogP contribution is -2.42. The van der Waals surface area contributed by atoms with Crippen LogP contribution < -0.4 is 0 Å². The Hall–Kier alpha value is -1.98. The molecule has 0 aliphatic carbocycles. The van der Waals surface area contributed by atoms with Gasteiger partial charge in [0.25, 0.3) is 0 Å². The fourth-order valence-electron chi connectivity index (χ4n) is 2.75. The average molecular weight is 359 g/mol. The van der Waals surface area contributed by atoms with Crippen molar-refractivity contribution in [2.24, 2.45) is 5.92 Å². The number of hydrogen-bond acceptors (Lipinski definition) is 4. The number of rotatable bonds is 7. The van der Waals surface area contributed by atoms with Crippen LogP contribution in [0.3, 0.4) is 0 Å². The van der Waals surface area contributed by atoms with E-state index in [0.717, 1.165) is 15.3 Å². The van der Waals surface area contributed by atoms with Crippen molar-refractivity contribution in [2.75, 3.05) is 7.05 Å². The quantitative estimate of drug-likeness (QED) is 0.767. The topological polar surface area (TPSA) is 57.6 Å². The van der Waals surface area contributed by atoms with Gasteiger partial charge in [-0.25, -0.2) is 0 Å². The zero-order valence-corrected chi connectivity index (χ0v) is 15.9. The lowest BCUT2D eigenvalue weighted by molar-refractivity contribution is -0.137. The molecule has 5 heteroatoms. The first kappa shape index (κ1) is 19.3. The first-order chi connectivity index (χ1) is 11.8. The van der Waals surface area contributed by atoms with Crippen LogP contribution in [0.25, 0.3) is 0 Å². The Morgan fingerprint density at radius 3 is 2.32 bits per heavy atom. The van der Waals surface area contributed by atoms with E-state index in [4.69, 9.17) is 0 Å². The lowest BCUT2D eigenvalue weighted by atomic mass is 10.00. The summed E-state index contributed by atoms with van der Waals surface area (Å²) in [6.07, 6.45) is -0.136. The summed E-state index contributed by atoms with van der Waals surface area (Å²) in [5.74, 6) is -0.180. The van der Waals surface area contributed by atoms with E-state index in [1.54, 1.807) is 18.9 Å². The van der Waals surface area contributed by atoms with E-state index in [2.05, 4.69) is 0 Å². The molecule has 0 saturated heterocycles. The highest BCUT2D eigenvalue weighted by Gasteiger charge is 2.27. The molecular weight excluding hydrogens is 334 g/mol. The predicted molar refractivity (Wildman–Crippen MR) is 101 cm³/mol. The Bertz CT molecular complexity index is 726. The Morgan fingerprint density at radius 2 is 1.76 bits per heavy atom. The van der Waals surface area contributed by atoms with Gasteiger partial charge in [-0.15, -0.1) is 11.3 Å². The number of likely N-dealkylation sites (N-methyl/N-ethyl adjacent to an activating group) is 1. The second-order valence-electron chi connectivity index (χ2n) is 6.47. The molecule has 4 nitrogen and oxygen atoms in total. The molecule has 0 aliphatic rings. The normalized spacial score (nSPS) is 14.6. The summed E-state index contributed by atoms with van der Waals surface area (Å²) in [4.78, 5) is 27.5. The SMILES string of the molecule is CC(=O)c1ccc(C[C@@H](C)C(=O)N(C)[C@@H](C)[C@@H](O)c2ccccc2)s1. The van der Waals surface area contributed by atoms with Gasteiger partial charge < -0.3 is 10.0 Å². The van der Waals surface area contributed by atoms with E-state index in [1.807, 2.05) is 56.3 Å². The van der Waals surface area contributed by atoms with E-state index in [0.29, 0.717) is 6.42 Å². The molecule has 1 N–H and O–H groups in total. The van der Waals surface area contributed by atoms with Gasteiger partial charge in [0.2, 0.25) is 5.91 Å². The summed E-state index contributed by atoms with van der Waals surface area (Å²) in [5, 5.41) is 10.5. The minimum Gasteiger partial charge on any atom is -0.386 e. The third kappa shape index (κ3) is 4.77. The van der Waals surface area contributed by atoms with Crippen molar-refractivity contribution in [3.05, 3.63) is 57.8 Å². The third-order valence-electron chi connectivity index (χ3n) is 4.49. The Kier molecular flexibility index (Phi) is 6.51. The molecule has 0 unspecified atom stereocenters. The zero-order valence-electron chi connectivity index (χ0n) is 15.1. The van der Waals surface area contributed by atoms with Crippen LogP contribution in [-0.2, 0) is 11.2 Å². The first-order valence-corrected chi connectivity index (χ1v) is 9.22. The fourth-order valence-corrected chi connectivity index (χ4v) is 3.79. The van der Waals surface area contributed by atoms with Gasteiger partial charge in [0.05, 0.1) is 17.0 Å². The molecule has 1 aromatic carbocycles. The van der Waals surface area contributed by atoms with E-state index in [9.17, 15) is 14.7 Å².